The molecule has 1 aliphatic rings. The van der Waals surface area contributed by atoms with E-state index >= 15 is 0 Å². The third-order valence-corrected chi connectivity index (χ3v) is 6.55. The van der Waals surface area contributed by atoms with Crippen molar-refractivity contribution in [1.82, 2.24) is 19.5 Å². The standard InChI is InChI=1S/C21H26N4O3S/c1-4-28-20(27)15-9-7-11-24(12-15)17(16-10-6-5-8-13(16)2)18-19(26)25-21(29-18)22-14(3)23-25/h5-6,8,10,15,17,26H,4,7,9,11-12H2,1-3H3/t15-,17-/m0/s1. The van der Waals surface area contributed by atoms with Crippen LogP contribution in [-0.4, -0.2) is 50.3 Å². The summed E-state index contributed by atoms with van der Waals surface area (Å²) in [6, 6.07) is 8.03. The van der Waals surface area contributed by atoms with Gasteiger partial charge in [-0.25, -0.2) is 4.98 Å². The Balaban J connectivity index is 1.76. The van der Waals surface area contributed by atoms with E-state index in [-0.39, 0.29) is 23.8 Å². The first-order valence-electron chi connectivity index (χ1n) is 10.0. The zero-order valence-corrected chi connectivity index (χ0v) is 17.8. The van der Waals surface area contributed by atoms with Gasteiger partial charge in [0.05, 0.1) is 23.4 Å². The molecule has 2 atom stereocenters. The van der Waals surface area contributed by atoms with Gasteiger partial charge in [0.15, 0.2) is 0 Å². The zero-order valence-electron chi connectivity index (χ0n) is 17.0. The first-order valence-corrected chi connectivity index (χ1v) is 10.8. The third kappa shape index (κ3) is 3.74. The summed E-state index contributed by atoms with van der Waals surface area (Å²) in [5, 5.41) is 15.3. The number of aryl methyl sites for hydroxylation is 2. The molecule has 1 aliphatic heterocycles. The summed E-state index contributed by atoms with van der Waals surface area (Å²) in [5.41, 5.74) is 2.26. The lowest BCUT2D eigenvalue weighted by molar-refractivity contribution is -0.150. The third-order valence-electron chi connectivity index (χ3n) is 5.47. The predicted molar refractivity (Wildman–Crippen MR) is 111 cm³/mol. The van der Waals surface area contributed by atoms with Crippen molar-refractivity contribution in [3.63, 3.8) is 0 Å². The topological polar surface area (TPSA) is 80.0 Å². The lowest BCUT2D eigenvalue weighted by atomic mass is 9.92. The van der Waals surface area contributed by atoms with Crippen LogP contribution in [0.15, 0.2) is 24.3 Å². The van der Waals surface area contributed by atoms with Gasteiger partial charge in [0, 0.05) is 6.54 Å². The molecular weight excluding hydrogens is 388 g/mol. The molecule has 3 aromatic rings. The Morgan fingerprint density at radius 2 is 2.17 bits per heavy atom. The van der Waals surface area contributed by atoms with Crippen molar-refractivity contribution < 1.29 is 14.6 Å². The van der Waals surface area contributed by atoms with E-state index in [0.717, 1.165) is 35.4 Å². The molecule has 0 aliphatic carbocycles. The molecule has 4 rings (SSSR count). The molecule has 0 unspecified atom stereocenters. The summed E-state index contributed by atoms with van der Waals surface area (Å²) in [7, 11) is 0. The van der Waals surface area contributed by atoms with Crippen LogP contribution in [0.1, 0.15) is 47.6 Å². The number of nitrogens with zero attached hydrogens (tertiary/aromatic N) is 4. The van der Waals surface area contributed by atoms with Gasteiger partial charge in [-0.15, -0.1) is 5.10 Å². The van der Waals surface area contributed by atoms with Gasteiger partial charge >= 0.3 is 5.97 Å². The molecule has 7 nitrogen and oxygen atoms in total. The number of aromatic hydroxyl groups is 1. The fourth-order valence-electron chi connectivity index (χ4n) is 4.12. The van der Waals surface area contributed by atoms with Crippen molar-refractivity contribution in [3.8, 4) is 5.88 Å². The van der Waals surface area contributed by atoms with Gasteiger partial charge in [-0.05, 0) is 51.3 Å². The number of carbonyl (C=O) groups is 1. The monoisotopic (exact) mass is 414 g/mol. The molecule has 0 radical (unpaired) electrons. The minimum Gasteiger partial charge on any atom is -0.492 e. The predicted octanol–water partition coefficient (Wildman–Crippen LogP) is 3.48. The molecule has 154 valence electrons. The van der Waals surface area contributed by atoms with Crippen LogP contribution in [-0.2, 0) is 9.53 Å². The molecule has 3 heterocycles. The normalized spacial score (nSPS) is 18.8. The maximum Gasteiger partial charge on any atom is 0.310 e. The molecule has 0 bridgehead atoms. The first-order chi connectivity index (χ1) is 14.0. The minimum atomic E-state index is -0.165. The number of fused-ring (bicyclic) bond motifs is 1. The van der Waals surface area contributed by atoms with Crippen LogP contribution < -0.4 is 0 Å². The second kappa shape index (κ2) is 8.12. The molecule has 1 N–H and O–H groups in total. The molecule has 8 heteroatoms. The summed E-state index contributed by atoms with van der Waals surface area (Å²) >= 11 is 1.45. The number of likely N-dealkylation sites (tertiary alicyclic amines) is 1. The Morgan fingerprint density at radius 1 is 1.38 bits per heavy atom. The lowest BCUT2D eigenvalue weighted by Gasteiger charge is -2.37. The number of ether oxygens (including phenoxy) is 1. The highest BCUT2D eigenvalue weighted by molar-refractivity contribution is 7.17. The SMILES string of the molecule is CCOC(=O)[C@H]1CCCN([C@@H](c2ccccc2C)c2sc3nc(C)nn3c2O)C1. The Kier molecular flexibility index (Phi) is 5.56. The van der Waals surface area contributed by atoms with Crippen LogP contribution >= 0.6 is 11.3 Å². The minimum absolute atomic E-state index is 0.122. The van der Waals surface area contributed by atoms with Gasteiger partial charge in [0.25, 0.3) is 0 Å². The van der Waals surface area contributed by atoms with E-state index in [0.29, 0.717) is 23.9 Å². The average Bonchev–Trinajstić information content (AvgIpc) is 3.21. The summed E-state index contributed by atoms with van der Waals surface area (Å²) in [6.07, 6.45) is 1.74. The highest BCUT2D eigenvalue weighted by Crippen LogP contribution is 2.42. The number of aromatic nitrogens is 3. The van der Waals surface area contributed by atoms with E-state index in [1.165, 1.54) is 15.9 Å². The van der Waals surface area contributed by atoms with Crippen LogP contribution in [0.4, 0.5) is 0 Å². The number of hydrogen-bond acceptors (Lipinski definition) is 7. The van der Waals surface area contributed by atoms with Gasteiger partial charge in [0.1, 0.15) is 5.82 Å². The zero-order chi connectivity index (χ0) is 20.5. The van der Waals surface area contributed by atoms with E-state index in [9.17, 15) is 9.90 Å². The highest BCUT2D eigenvalue weighted by atomic mass is 32.1. The number of esters is 1. The molecular formula is C21H26N4O3S. The van der Waals surface area contributed by atoms with Gasteiger partial charge in [-0.3, -0.25) is 9.69 Å². The molecule has 1 saturated heterocycles. The number of rotatable bonds is 5. The molecule has 0 amide bonds. The largest absolute Gasteiger partial charge is 0.492 e. The second-order valence-electron chi connectivity index (χ2n) is 7.49. The van der Waals surface area contributed by atoms with Crippen LogP contribution in [0, 0.1) is 19.8 Å². The highest BCUT2D eigenvalue weighted by Gasteiger charge is 2.35. The van der Waals surface area contributed by atoms with Gasteiger partial charge in [-0.2, -0.15) is 4.52 Å². The summed E-state index contributed by atoms with van der Waals surface area (Å²) in [6.45, 7) is 7.57. The van der Waals surface area contributed by atoms with Gasteiger partial charge < -0.3 is 9.84 Å². The Hall–Kier alpha value is -2.45. The number of thiazole rings is 1. The van der Waals surface area contributed by atoms with Crippen molar-refractivity contribution in [2.24, 2.45) is 5.92 Å². The molecule has 1 aromatic carbocycles. The van der Waals surface area contributed by atoms with E-state index in [1.54, 1.807) is 0 Å². The Bertz CT molecular complexity index is 1030. The number of carbonyl (C=O) groups excluding carboxylic acids is 1. The van der Waals surface area contributed by atoms with Crippen LogP contribution in [0.25, 0.3) is 4.96 Å². The van der Waals surface area contributed by atoms with Crippen LogP contribution in [0.5, 0.6) is 5.88 Å². The van der Waals surface area contributed by atoms with Crippen LogP contribution in [0.3, 0.4) is 0 Å². The Morgan fingerprint density at radius 3 is 2.90 bits per heavy atom. The molecule has 1 fully saturated rings. The number of benzene rings is 1. The lowest BCUT2D eigenvalue weighted by Crippen LogP contribution is -2.41. The summed E-state index contributed by atoms with van der Waals surface area (Å²) < 4.78 is 6.79. The molecule has 29 heavy (non-hydrogen) atoms. The van der Waals surface area contributed by atoms with Gasteiger partial charge in [0.2, 0.25) is 10.8 Å². The van der Waals surface area contributed by atoms with Crippen molar-refractivity contribution in [2.75, 3.05) is 19.7 Å². The first kappa shape index (κ1) is 19.8. The molecule has 0 saturated carbocycles. The summed E-state index contributed by atoms with van der Waals surface area (Å²) in [4.78, 5) is 20.6. The molecule has 2 aromatic heterocycles. The average molecular weight is 415 g/mol. The molecule has 0 spiro atoms. The maximum absolute atomic E-state index is 12.4. The smallest absolute Gasteiger partial charge is 0.310 e. The van der Waals surface area contributed by atoms with Crippen molar-refractivity contribution >= 4 is 22.3 Å². The van der Waals surface area contributed by atoms with E-state index < -0.39 is 0 Å². The number of piperidine rings is 1. The fraction of sp³-hybridized carbons (Fsp3) is 0.476. The number of hydrogen-bond donors (Lipinski definition) is 1. The maximum atomic E-state index is 12.4. The van der Waals surface area contributed by atoms with Crippen molar-refractivity contribution in [1.29, 1.82) is 0 Å². The van der Waals surface area contributed by atoms with Crippen LogP contribution in [0.2, 0.25) is 0 Å². The van der Waals surface area contributed by atoms with E-state index in [2.05, 4.69) is 34.0 Å². The van der Waals surface area contributed by atoms with E-state index in [1.807, 2.05) is 26.0 Å². The fourth-order valence-corrected chi connectivity index (χ4v) is 5.27. The quantitative estimate of drug-likeness (QED) is 0.644. The van der Waals surface area contributed by atoms with Crippen molar-refractivity contribution in [2.45, 2.75) is 39.7 Å². The van der Waals surface area contributed by atoms with Gasteiger partial charge in [-0.1, -0.05) is 35.6 Å². The van der Waals surface area contributed by atoms with E-state index in [4.69, 9.17) is 4.74 Å². The van der Waals surface area contributed by atoms with Crippen molar-refractivity contribution in [3.05, 3.63) is 46.1 Å². The Labute approximate surface area is 173 Å². The second-order valence-corrected chi connectivity index (χ2v) is 8.50. The summed E-state index contributed by atoms with van der Waals surface area (Å²) in [5.74, 6) is 0.466.